The molecule has 0 aliphatic heterocycles. The Morgan fingerprint density at radius 2 is 0.567 bits per heavy atom. The van der Waals surface area contributed by atoms with Gasteiger partial charge in [-0.15, -0.1) is 0 Å². The molecule has 9 heteroatoms. The van der Waals surface area contributed by atoms with Crippen molar-refractivity contribution in [2.24, 2.45) is 0 Å². The van der Waals surface area contributed by atoms with Crippen LogP contribution in [0.3, 0.4) is 0 Å². The lowest BCUT2D eigenvalue weighted by atomic mass is 9.97. The standard InChI is InChI=1S/C81H49F2N7/c82-69-22-13-23-70(83)81(69)64-49-80(90-77-30-26-57(61-34-38-87-73(46-61)53-18-9-3-10-19-53)42-67(77)68-43-58(27-31-78(68)90)62-35-39-88-74(47-62)54-20-11-4-12-21-54)79(48-63(64)50-84)89-75-28-24-55(59-32-36-85-71(44-59)51-14-5-1-6-15-51)40-65(75)66-41-56(25-29-76(66)89)60-33-37-86-72(45-60)52-16-7-2-8-17-52/h1-49H. The van der Waals surface area contributed by atoms with Crippen LogP contribution in [-0.2, 0) is 0 Å². The zero-order chi connectivity index (χ0) is 60.2. The number of fused-ring (bicyclic) bond motifs is 6. The van der Waals surface area contributed by atoms with E-state index in [-0.39, 0.29) is 16.7 Å². The normalized spacial score (nSPS) is 11.4. The van der Waals surface area contributed by atoms with Gasteiger partial charge in [-0.2, -0.15) is 5.26 Å². The average molecular weight is 1160 g/mol. The molecule has 0 saturated heterocycles. The summed E-state index contributed by atoms with van der Waals surface area (Å²) >= 11 is 0. The minimum absolute atomic E-state index is 0.0978. The van der Waals surface area contributed by atoms with E-state index in [9.17, 15) is 5.26 Å². The van der Waals surface area contributed by atoms with Crippen LogP contribution in [0.1, 0.15) is 5.56 Å². The van der Waals surface area contributed by atoms with E-state index >= 15 is 8.78 Å². The van der Waals surface area contributed by atoms with Crippen LogP contribution in [-0.4, -0.2) is 29.1 Å². The molecule has 6 aromatic heterocycles. The van der Waals surface area contributed by atoms with E-state index in [1.54, 1.807) is 12.1 Å². The first-order chi connectivity index (χ1) is 44.4. The van der Waals surface area contributed by atoms with E-state index in [4.69, 9.17) is 19.9 Å². The summed E-state index contributed by atoms with van der Waals surface area (Å²) in [6.45, 7) is 0. The molecule has 0 N–H and O–H groups in total. The van der Waals surface area contributed by atoms with Crippen molar-refractivity contribution in [2.45, 2.75) is 0 Å². The quantitative estimate of drug-likeness (QED) is 0.129. The molecule has 0 atom stereocenters. The minimum Gasteiger partial charge on any atom is -0.307 e. The van der Waals surface area contributed by atoms with Crippen molar-refractivity contribution in [3.8, 4) is 118 Å². The van der Waals surface area contributed by atoms with Gasteiger partial charge in [-0.1, -0.05) is 152 Å². The fraction of sp³-hybridized carbons (Fsp3) is 0. The zero-order valence-electron chi connectivity index (χ0n) is 48.2. The van der Waals surface area contributed by atoms with Crippen LogP contribution < -0.4 is 0 Å². The largest absolute Gasteiger partial charge is 0.307 e. The number of rotatable bonds is 11. The van der Waals surface area contributed by atoms with Gasteiger partial charge in [0.05, 0.1) is 73.4 Å². The van der Waals surface area contributed by atoms with Crippen LogP contribution in [0.2, 0.25) is 0 Å². The van der Waals surface area contributed by atoms with Crippen LogP contribution in [0.25, 0.3) is 156 Å². The predicted molar refractivity (Wildman–Crippen MR) is 360 cm³/mol. The second-order valence-electron chi connectivity index (χ2n) is 22.4. The van der Waals surface area contributed by atoms with Crippen molar-refractivity contribution in [3.05, 3.63) is 315 Å². The smallest absolute Gasteiger partial charge is 0.134 e. The molecule has 0 radical (unpaired) electrons. The Bertz CT molecular complexity index is 5220. The van der Waals surface area contributed by atoms with Gasteiger partial charge in [-0.05, 0) is 166 Å². The number of nitriles is 1. The molecular weight excluding hydrogens is 1110 g/mol. The van der Waals surface area contributed by atoms with E-state index in [1.807, 2.05) is 122 Å². The molecule has 6 heterocycles. The van der Waals surface area contributed by atoms with E-state index in [0.717, 1.165) is 133 Å². The van der Waals surface area contributed by atoms with Crippen LogP contribution in [0, 0.1) is 23.0 Å². The Kier molecular flexibility index (Phi) is 13.2. The third-order valence-electron chi connectivity index (χ3n) is 17.1. The van der Waals surface area contributed by atoms with Gasteiger partial charge >= 0.3 is 0 Å². The van der Waals surface area contributed by atoms with Gasteiger partial charge in [-0.25, -0.2) is 8.78 Å². The fourth-order valence-electron chi connectivity index (χ4n) is 12.8. The van der Waals surface area contributed by atoms with Crippen molar-refractivity contribution in [1.29, 1.82) is 5.26 Å². The molecule has 0 spiro atoms. The Morgan fingerprint density at radius 1 is 0.278 bits per heavy atom. The fourth-order valence-corrected chi connectivity index (χ4v) is 12.8. The minimum atomic E-state index is -0.781. The molecule has 422 valence electrons. The van der Waals surface area contributed by atoms with Gasteiger partial charge in [-0.3, -0.25) is 19.9 Å². The molecule has 0 aliphatic rings. The summed E-state index contributed by atoms with van der Waals surface area (Å²) in [5.41, 5.74) is 19.8. The van der Waals surface area contributed by atoms with E-state index < -0.39 is 11.6 Å². The van der Waals surface area contributed by atoms with Gasteiger partial charge in [0, 0.05) is 74.1 Å². The highest BCUT2D eigenvalue weighted by molar-refractivity contribution is 6.14. The number of halogens is 2. The first-order valence-corrected chi connectivity index (χ1v) is 29.7. The van der Waals surface area contributed by atoms with Crippen LogP contribution >= 0.6 is 0 Å². The average Bonchev–Trinajstić information content (AvgIpc) is 1.59. The van der Waals surface area contributed by atoms with Crippen LogP contribution in [0.15, 0.2) is 298 Å². The molecular formula is C81H49F2N7. The lowest BCUT2D eigenvalue weighted by Crippen LogP contribution is -2.06. The van der Waals surface area contributed by atoms with Gasteiger partial charge in [0.2, 0.25) is 0 Å². The van der Waals surface area contributed by atoms with E-state index in [1.165, 1.54) is 18.2 Å². The van der Waals surface area contributed by atoms with Gasteiger partial charge in [0.1, 0.15) is 11.6 Å². The molecule has 7 nitrogen and oxygen atoms in total. The number of hydrogen-bond acceptors (Lipinski definition) is 5. The Balaban J connectivity index is 0.976. The van der Waals surface area contributed by atoms with Crippen LogP contribution in [0.4, 0.5) is 8.78 Å². The third-order valence-corrected chi connectivity index (χ3v) is 17.1. The predicted octanol–water partition coefficient (Wildman–Crippen LogP) is 20.6. The summed E-state index contributed by atoms with van der Waals surface area (Å²) in [4.78, 5) is 19.1. The number of aromatic nitrogens is 6. The summed E-state index contributed by atoms with van der Waals surface area (Å²) in [6, 6.07) is 92.9. The van der Waals surface area contributed by atoms with Gasteiger partial charge in [0.25, 0.3) is 0 Å². The highest BCUT2D eigenvalue weighted by Gasteiger charge is 2.26. The topological polar surface area (TPSA) is 85.2 Å². The first-order valence-electron chi connectivity index (χ1n) is 29.7. The third kappa shape index (κ3) is 9.44. The lowest BCUT2D eigenvalue weighted by Gasteiger charge is -2.20. The van der Waals surface area contributed by atoms with Crippen molar-refractivity contribution in [3.63, 3.8) is 0 Å². The Hall–Kier alpha value is -12.3. The molecule has 90 heavy (non-hydrogen) atoms. The number of benzene rings is 10. The van der Waals surface area contributed by atoms with Crippen molar-refractivity contribution in [2.75, 3.05) is 0 Å². The molecule has 0 bridgehead atoms. The molecule has 0 fully saturated rings. The van der Waals surface area contributed by atoms with Gasteiger partial charge in [0.15, 0.2) is 0 Å². The van der Waals surface area contributed by atoms with Crippen LogP contribution in [0.5, 0.6) is 0 Å². The molecule has 0 unspecified atom stereocenters. The molecule has 0 saturated carbocycles. The zero-order valence-corrected chi connectivity index (χ0v) is 48.2. The van der Waals surface area contributed by atoms with Crippen molar-refractivity contribution >= 4 is 43.6 Å². The van der Waals surface area contributed by atoms with E-state index in [0.29, 0.717) is 11.4 Å². The maximum atomic E-state index is 16.5. The summed E-state index contributed by atoms with van der Waals surface area (Å²) in [6.07, 6.45) is 7.39. The van der Waals surface area contributed by atoms with Crippen molar-refractivity contribution < 1.29 is 8.78 Å². The van der Waals surface area contributed by atoms with E-state index in [2.05, 4.69) is 161 Å². The Morgan fingerprint density at radius 3 is 0.867 bits per heavy atom. The molecule has 16 rings (SSSR count). The maximum Gasteiger partial charge on any atom is 0.134 e. The lowest BCUT2D eigenvalue weighted by molar-refractivity contribution is 0.589. The Labute approximate surface area is 517 Å². The number of nitrogens with zero attached hydrogens (tertiary/aromatic N) is 7. The maximum absolute atomic E-state index is 16.5. The summed E-state index contributed by atoms with van der Waals surface area (Å²) in [5.74, 6) is -1.56. The first kappa shape index (κ1) is 53.2. The van der Waals surface area contributed by atoms with Gasteiger partial charge < -0.3 is 9.13 Å². The highest BCUT2D eigenvalue weighted by Crippen LogP contribution is 2.45. The molecule has 16 aromatic rings. The second kappa shape index (κ2) is 22.2. The van der Waals surface area contributed by atoms with Crippen molar-refractivity contribution in [1.82, 2.24) is 29.1 Å². The molecule has 0 amide bonds. The summed E-state index contributed by atoms with van der Waals surface area (Å²) in [5, 5.41) is 15.1. The second-order valence-corrected chi connectivity index (χ2v) is 22.4. The monoisotopic (exact) mass is 1160 g/mol. The SMILES string of the molecule is N#Cc1cc(-n2c3ccc(-c4ccnc(-c5ccccc5)c4)cc3c3cc(-c4ccnc(-c5ccccc5)c4)ccc32)c(-n2c3ccc(-c4ccnc(-c5ccccc5)c4)cc3c3cc(-c4ccnc(-c5ccccc5)c4)ccc32)cc1-c1c(F)cccc1F. The highest BCUT2D eigenvalue weighted by atomic mass is 19.1. The molecule has 10 aromatic carbocycles. The summed E-state index contributed by atoms with van der Waals surface area (Å²) < 4.78 is 37.4. The summed E-state index contributed by atoms with van der Waals surface area (Å²) in [7, 11) is 0. The molecule has 0 aliphatic carbocycles. The number of pyridine rings is 4. The number of hydrogen-bond donors (Lipinski definition) is 0.